The van der Waals surface area contributed by atoms with Crippen LogP contribution in [-0.2, 0) is 16.6 Å². The molecule has 3 rings (SSSR count). The molecule has 124 valence electrons. The van der Waals surface area contributed by atoms with Crippen LogP contribution in [0.4, 0.5) is 4.79 Å². The van der Waals surface area contributed by atoms with Gasteiger partial charge >= 0.3 is 0 Å². The number of imide groups is 1. The highest BCUT2D eigenvalue weighted by Gasteiger charge is 2.30. The maximum absolute atomic E-state index is 11.8. The monoisotopic (exact) mass is 355 g/mol. The van der Waals surface area contributed by atoms with Crippen molar-refractivity contribution in [3.63, 3.8) is 0 Å². The van der Waals surface area contributed by atoms with Gasteiger partial charge in [0.25, 0.3) is 5.24 Å². The van der Waals surface area contributed by atoms with E-state index in [0.29, 0.717) is 5.92 Å². The summed E-state index contributed by atoms with van der Waals surface area (Å²) in [6.45, 7) is 0.487. The number of carbonyl (C=O) groups excluding carboxylic acids is 3. The average Bonchev–Trinajstić information content (AvgIpc) is 3.23. The first-order valence-electron chi connectivity index (χ1n) is 7.32. The van der Waals surface area contributed by atoms with Gasteiger partial charge in [0.15, 0.2) is 5.16 Å². The Hall–Kier alpha value is -1.55. The van der Waals surface area contributed by atoms with Crippen molar-refractivity contribution in [2.24, 2.45) is 7.05 Å². The van der Waals surface area contributed by atoms with Gasteiger partial charge in [-0.3, -0.25) is 19.3 Å². The molecule has 3 amide bonds. The lowest BCUT2D eigenvalue weighted by Crippen LogP contribution is -2.38. The number of rotatable bonds is 7. The van der Waals surface area contributed by atoms with Crippen molar-refractivity contribution in [3.8, 4) is 0 Å². The molecular formula is C13H17N5O3S2. The van der Waals surface area contributed by atoms with Gasteiger partial charge in [-0.2, -0.15) is 0 Å². The minimum absolute atomic E-state index is 0.155. The van der Waals surface area contributed by atoms with Crippen LogP contribution in [-0.4, -0.2) is 61.3 Å². The van der Waals surface area contributed by atoms with Crippen molar-refractivity contribution in [2.45, 2.75) is 23.9 Å². The fourth-order valence-corrected chi connectivity index (χ4v) is 3.73. The van der Waals surface area contributed by atoms with Crippen molar-refractivity contribution >= 4 is 40.6 Å². The molecule has 1 saturated heterocycles. The van der Waals surface area contributed by atoms with E-state index in [0.717, 1.165) is 35.6 Å². The number of carbonyl (C=O) groups is 3. The maximum Gasteiger partial charge on any atom is 0.288 e. The van der Waals surface area contributed by atoms with E-state index < -0.39 is 0 Å². The molecule has 1 saturated carbocycles. The number of nitrogens with zero attached hydrogens (tertiary/aromatic N) is 4. The van der Waals surface area contributed by atoms with Crippen LogP contribution in [0.5, 0.6) is 0 Å². The summed E-state index contributed by atoms with van der Waals surface area (Å²) in [6.07, 6.45) is 2.31. The highest BCUT2D eigenvalue weighted by molar-refractivity contribution is 8.14. The molecule has 0 spiro atoms. The topological polar surface area (TPSA) is 97.2 Å². The highest BCUT2D eigenvalue weighted by atomic mass is 32.2. The summed E-state index contributed by atoms with van der Waals surface area (Å²) in [4.78, 5) is 35.8. The molecule has 0 unspecified atom stereocenters. The van der Waals surface area contributed by atoms with Gasteiger partial charge < -0.3 is 9.88 Å². The average molecular weight is 355 g/mol. The standard InChI is InChI=1S/C13H17N5O3S2/c1-17-11(8-2-3-8)15-16-12(17)22-6-9(19)14-4-5-18-10(20)7-23-13(18)21/h8H,2-7H2,1H3,(H,14,19). The highest BCUT2D eigenvalue weighted by Crippen LogP contribution is 2.39. The second-order valence-corrected chi connectivity index (χ2v) is 7.28. The van der Waals surface area contributed by atoms with Gasteiger partial charge in [-0.15, -0.1) is 10.2 Å². The molecule has 1 aliphatic heterocycles. The van der Waals surface area contributed by atoms with Crippen LogP contribution in [0.3, 0.4) is 0 Å². The molecule has 1 aromatic heterocycles. The number of hydrogen-bond donors (Lipinski definition) is 1. The SMILES string of the molecule is Cn1c(SCC(=O)NCCN2C(=O)CSC2=O)nnc1C1CC1. The number of thioether (sulfide) groups is 2. The number of nitrogens with one attached hydrogen (secondary N) is 1. The molecular weight excluding hydrogens is 338 g/mol. The lowest BCUT2D eigenvalue weighted by Gasteiger charge is -2.12. The fraction of sp³-hybridized carbons (Fsp3) is 0.615. The summed E-state index contributed by atoms with van der Waals surface area (Å²) in [7, 11) is 1.91. The van der Waals surface area contributed by atoms with E-state index in [4.69, 9.17) is 0 Å². The lowest BCUT2D eigenvalue weighted by molar-refractivity contribution is -0.125. The number of hydrogen-bond acceptors (Lipinski definition) is 7. The Labute approximate surface area is 141 Å². The number of amides is 3. The summed E-state index contributed by atoms with van der Waals surface area (Å²) in [5.74, 6) is 1.57. The van der Waals surface area contributed by atoms with Gasteiger partial charge in [-0.25, -0.2) is 0 Å². The zero-order valence-electron chi connectivity index (χ0n) is 12.7. The van der Waals surface area contributed by atoms with Crippen LogP contribution in [0, 0.1) is 0 Å². The van der Waals surface area contributed by atoms with Crippen LogP contribution in [0.25, 0.3) is 0 Å². The third kappa shape index (κ3) is 3.86. The van der Waals surface area contributed by atoms with Crippen molar-refractivity contribution in [3.05, 3.63) is 5.82 Å². The van der Waals surface area contributed by atoms with Crippen molar-refractivity contribution < 1.29 is 14.4 Å². The van der Waals surface area contributed by atoms with E-state index in [1.54, 1.807) is 0 Å². The zero-order chi connectivity index (χ0) is 16.4. The molecule has 0 atom stereocenters. The van der Waals surface area contributed by atoms with E-state index >= 15 is 0 Å². The van der Waals surface area contributed by atoms with Crippen LogP contribution in [0.15, 0.2) is 5.16 Å². The first kappa shape index (κ1) is 16.3. The summed E-state index contributed by atoms with van der Waals surface area (Å²) in [5, 5.41) is 11.5. The summed E-state index contributed by atoms with van der Waals surface area (Å²) in [6, 6.07) is 0. The molecule has 1 aromatic rings. The largest absolute Gasteiger partial charge is 0.354 e. The summed E-state index contributed by atoms with van der Waals surface area (Å²) < 4.78 is 1.94. The van der Waals surface area contributed by atoms with E-state index in [9.17, 15) is 14.4 Å². The fourth-order valence-electron chi connectivity index (χ4n) is 2.23. The van der Waals surface area contributed by atoms with Gasteiger partial charge in [0, 0.05) is 26.1 Å². The van der Waals surface area contributed by atoms with Gasteiger partial charge in [-0.05, 0) is 12.8 Å². The Morgan fingerprint density at radius 3 is 2.83 bits per heavy atom. The molecule has 10 heteroatoms. The van der Waals surface area contributed by atoms with Gasteiger partial charge in [-0.1, -0.05) is 23.5 Å². The van der Waals surface area contributed by atoms with Crippen LogP contribution >= 0.6 is 23.5 Å². The van der Waals surface area contributed by atoms with E-state index in [2.05, 4.69) is 15.5 Å². The molecule has 0 bridgehead atoms. The molecule has 2 fully saturated rings. The third-order valence-corrected chi connectivity index (χ3v) is 5.52. The van der Waals surface area contributed by atoms with Crippen LogP contribution < -0.4 is 5.32 Å². The second-order valence-electron chi connectivity index (χ2n) is 5.41. The summed E-state index contributed by atoms with van der Waals surface area (Å²) >= 11 is 2.32. The normalized spacial score (nSPS) is 17.9. The lowest BCUT2D eigenvalue weighted by atomic mass is 10.4. The molecule has 8 nitrogen and oxygen atoms in total. The van der Waals surface area contributed by atoms with E-state index in [1.807, 2.05) is 11.6 Å². The van der Waals surface area contributed by atoms with Gasteiger partial charge in [0.2, 0.25) is 11.8 Å². The Kier molecular flexibility index (Phi) is 4.90. The quantitative estimate of drug-likeness (QED) is 0.715. The molecule has 1 aliphatic carbocycles. The van der Waals surface area contributed by atoms with E-state index in [-0.39, 0.29) is 41.6 Å². The smallest absolute Gasteiger partial charge is 0.288 e. The van der Waals surface area contributed by atoms with Crippen molar-refractivity contribution in [2.75, 3.05) is 24.6 Å². The number of aromatic nitrogens is 3. The van der Waals surface area contributed by atoms with Crippen molar-refractivity contribution in [1.29, 1.82) is 0 Å². The third-order valence-electron chi connectivity index (χ3n) is 3.64. The van der Waals surface area contributed by atoms with Crippen LogP contribution in [0.2, 0.25) is 0 Å². The Morgan fingerprint density at radius 2 is 2.17 bits per heavy atom. The van der Waals surface area contributed by atoms with Crippen molar-refractivity contribution in [1.82, 2.24) is 25.0 Å². The minimum Gasteiger partial charge on any atom is -0.354 e. The summed E-state index contributed by atoms with van der Waals surface area (Å²) in [5.41, 5.74) is 0. The Morgan fingerprint density at radius 1 is 1.39 bits per heavy atom. The Bertz CT molecular complexity index is 628. The Balaban J connectivity index is 1.39. The van der Waals surface area contributed by atoms with E-state index in [1.165, 1.54) is 16.7 Å². The second kappa shape index (κ2) is 6.91. The van der Waals surface area contributed by atoms with Gasteiger partial charge in [0.1, 0.15) is 5.82 Å². The predicted molar refractivity (Wildman–Crippen MR) is 86.3 cm³/mol. The molecule has 1 N–H and O–H groups in total. The molecule has 23 heavy (non-hydrogen) atoms. The molecule has 0 radical (unpaired) electrons. The first-order valence-corrected chi connectivity index (χ1v) is 9.29. The molecule has 2 aliphatic rings. The molecule has 2 heterocycles. The van der Waals surface area contributed by atoms with Gasteiger partial charge in [0.05, 0.1) is 11.5 Å². The van der Waals surface area contributed by atoms with Crippen LogP contribution in [0.1, 0.15) is 24.6 Å². The minimum atomic E-state index is -0.245. The zero-order valence-corrected chi connectivity index (χ0v) is 14.3. The maximum atomic E-state index is 11.8. The first-order chi connectivity index (χ1) is 11.1. The predicted octanol–water partition coefficient (Wildman–Crippen LogP) is 0.596. The molecule has 0 aromatic carbocycles.